The van der Waals surface area contributed by atoms with Gasteiger partial charge in [0.2, 0.25) is 0 Å². The molecule has 4 heteroatoms. The Hall–Kier alpha value is -1.37. The first-order valence-electron chi connectivity index (χ1n) is 6.32. The molecule has 0 atom stereocenters. The van der Waals surface area contributed by atoms with Crippen molar-refractivity contribution in [1.82, 2.24) is 5.32 Å². The van der Waals surface area contributed by atoms with Crippen molar-refractivity contribution in [3.8, 4) is 23.3 Å². The first-order valence-corrected chi connectivity index (χ1v) is 6.70. The Labute approximate surface area is 120 Å². The molecule has 0 saturated heterocycles. The van der Waals surface area contributed by atoms with Gasteiger partial charge in [-0.25, -0.2) is 0 Å². The normalized spacial score (nSPS) is 9.68. The highest BCUT2D eigenvalue weighted by Crippen LogP contribution is 2.34. The van der Waals surface area contributed by atoms with Gasteiger partial charge in [-0.1, -0.05) is 18.5 Å². The third-order valence-electron chi connectivity index (χ3n) is 2.53. The highest BCUT2D eigenvalue weighted by molar-refractivity contribution is 6.30. The summed E-state index contributed by atoms with van der Waals surface area (Å²) < 4.78 is 11.1. The molecule has 0 bridgehead atoms. The molecule has 0 unspecified atom stereocenters. The van der Waals surface area contributed by atoms with Crippen LogP contribution < -0.4 is 14.8 Å². The maximum Gasteiger partial charge on any atom is 0.165 e. The summed E-state index contributed by atoms with van der Waals surface area (Å²) in [5.41, 5.74) is 0.996. The highest BCUT2D eigenvalue weighted by Gasteiger charge is 2.12. The van der Waals surface area contributed by atoms with Gasteiger partial charge in [0, 0.05) is 29.6 Å². The molecular formula is C15H20ClNO2. The second kappa shape index (κ2) is 8.68. The van der Waals surface area contributed by atoms with Gasteiger partial charge in [0.05, 0.1) is 13.7 Å². The predicted octanol–water partition coefficient (Wildman–Crippen LogP) is 3.25. The van der Waals surface area contributed by atoms with Gasteiger partial charge >= 0.3 is 0 Å². The van der Waals surface area contributed by atoms with Crippen LogP contribution in [0.3, 0.4) is 0 Å². The number of nitrogens with one attached hydrogen (secondary N) is 1. The fraction of sp³-hybridized carbons (Fsp3) is 0.467. The van der Waals surface area contributed by atoms with Crippen LogP contribution in [0, 0.1) is 11.8 Å². The monoisotopic (exact) mass is 281 g/mol. The van der Waals surface area contributed by atoms with Gasteiger partial charge in [-0.15, -0.1) is 11.8 Å². The molecule has 1 rings (SSSR count). The van der Waals surface area contributed by atoms with Crippen LogP contribution in [0.1, 0.15) is 25.8 Å². The van der Waals surface area contributed by atoms with Gasteiger partial charge in [0.25, 0.3) is 0 Å². The second-order valence-electron chi connectivity index (χ2n) is 3.90. The number of rotatable bonds is 7. The summed E-state index contributed by atoms with van der Waals surface area (Å²) in [6.45, 7) is 5.99. The van der Waals surface area contributed by atoms with Gasteiger partial charge in [-0.2, -0.15) is 0 Å². The van der Waals surface area contributed by atoms with Crippen LogP contribution >= 0.6 is 11.6 Å². The zero-order valence-electron chi connectivity index (χ0n) is 11.7. The molecule has 1 N–H and O–H groups in total. The lowest BCUT2D eigenvalue weighted by atomic mass is 10.2. The molecule has 0 aliphatic heterocycles. The third-order valence-corrected chi connectivity index (χ3v) is 2.75. The molecule has 104 valence electrons. The molecule has 19 heavy (non-hydrogen) atoms. The van der Waals surface area contributed by atoms with E-state index in [9.17, 15) is 0 Å². The Morgan fingerprint density at radius 1 is 1.37 bits per heavy atom. The molecule has 1 aromatic rings. The first-order chi connectivity index (χ1) is 9.22. The van der Waals surface area contributed by atoms with Crippen LogP contribution in [0.2, 0.25) is 5.02 Å². The number of benzene rings is 1. The first kappa shape index (κ1) is 15.7. The van der Waals surface area contributed by atoms with Crippen LogP contribution in [0.4, 0.5) is 0 Å². The van der Waals surface area contributed by atoms with Crippen LogP contribution in [0.15, 0.2) is 12.1 Å². The Morgan fingerprint density at radius 2 is 2.16 bits per heavy atom. The molecule has 0 aliphatic rings. The second-order valence-corrected chi connectivity index (χ2v) is 4.34. The molecule has 0 spiro atoms. The number of hydrogen-bond donors (Lipinski definition) is 1. The van der Waals surface area contributed by atoms with Gasteiger partial charge in [0.15, 0.2) is 11.5 Å². The van der Waals surface area contributed by atoms with Crippen LogP contribution in [0.25, 0.3) is 0 Å². The number of hydrogen-bond acceptors (Lipinski definition) is 3. The standard InChI is InChI=1S/C15H20ClNO2/c1-4-6-7-8-19-15-12(11-17-5-2)9-13(16)10-14(15)18-3/h9-10,17H,5,7-8,11H2,1-3H3. The SMILES string of the molecule is CC#CCCOc1c(CNCC)cc(Cl)cc1OC. The quantitative estimate of drug-likeness (QED) is 0.615. The summed E-state index contributed by atoms with van der Waals surface area (Å²) in [5, 5.41) is 3.91. The summed E-state index contributed by atoms with van der Waals surface area (Å²) in [7, 11) is 1.61. The van der Waals surface area contributed by atoms with Crippen molar-refractivity contribution in [2.75, 3.05) is 20.3 Å². The zero-order chi connectivity index (χ0) is 14.1. The Balaban J connectivity index is 2.90. The van der Waals surface area contributed by atoms with Crippen molar-refractivity contribution >= 4 is 11.6 Å². The summed E-state index contributed by atoms with van der Waals surface area (Å²) in [6.07, 6.45) is 0.697. The Kier molecular flexibility index (Phi) is 7.17. The number of halogens is 1. The van der Waals surface area contributed by atoms with Gasteiger partial charge < -0.3 is 14.8 Å². The largest absolute Gasteiger partial charge is 0.493 e. The molecule has 3 nitrogen and oxygen atoms in total. The van der Waals surface area contributed by atoms with E-state index in [1.807, 2.05) is 13.0 Å². The van der Waals surface area contributed by atoms with E-state index in [1.54, 1.807) is 13.2 Å². The maximum atomic E-state index is 6.08. The molecule has 1 aromatic carbocycles. The predicted molar refractivity (Wildman–Crippen MR) is 78.9 cm³/mol. The minimum Gasteiger partial charge on any atom is -0.493 e. The van der Waals surface area contributed by atoms with E-state index in [4.69, 9.17) is 21.1 Å². The molecule has 0 heterocycles. The average molecular weight is 282 g/mol. The van der Waals surface area contributed by atoms with Crippen molar-refractivity contribution < 1.29 is 9.47 Å². The Bertz CT molecular complexity index is 463. The molecule has 0 fully saturated rings. The van der Waals surface area contributed by atoms with E-state index in [-0.39, 0.29) is 0 Å². The number of ether oxygens (including phenoxy) is 2. The van der Waals surface area contributed by atoms with E-state index in [1.165, 1.54) is 0 Å². The van der Waals surface area contributed by atoms with E-state index < -0.39 is 0 Å². The van der Waals surface area contributed by atoms with Gasteiger partial charge in [-0.05, 0) is 19.5 Å². The summed E-state index contributed by atoms with van der Waals surface area (Å²) in [6, 6.07) is 3.66. The lowest BCUT2D eigenvalue weighted by molar-refractivity contribution is 0.297. The van der Waals surface area contributed by atoms with E-state index >= 15 is 0 Å². The van der Waals surface area contributed by atoms with Gasteiger partial charge in [-0.3, -0.25) is 0 Å². The third kappa shape index (κ3) is 5.02. The minimum absolute atomic E-state index is 0.540. The topological polar surface area (TPSA) is 30.5 Å². The van der Waals surface area contributed by atoms with Crippen LogP contribution in [0.5, 0.6) is 11.5 Å². The smallest absolute Gasteiger partial charge is 0.165 e. The lowest BCUT2D eigenvalue weighted by Crippen LogP contribution is -2.13. The van der Waals surface area contributed by atoms with Gasteiger partial charge in [0.1, 0.15) is 0 Å². The van der Waals surface area contributed by atoms with Crippen molar-refractivity contribution in [3.63, 3.8) is 0 Å². The van der Waals surface area contributed by atoms with E-state index in [0.29, 0.717) is 30.3 Å². The van der Waals surface area contributed by atoms with Crippen molar-refractivity contribution in [1.29, 1.82) is 0 Å². The molecule has 0 aliphatic carbocycles. The summed E-state index contributed by atoms with van der Waals surface area (Å²) in [4.78, 5) is 0. The summed E-state index contributed by atoms with van der Waals surface area (Å²) >= 11 is 6.08. The molecule has 0 radical (unpaired) electrons. The zero-order valence-corrected chi connectivity index (χ0v) is 12.4. The molecule has 0 amide bonds. The molecule has 0 saturated carbocycles. The summed E-state index contributed by atoms with van der Waals surface area (Å²) in [5.74, 6) is 7.22. The van der Waals surface area contributed by atoms with Crippen molar-refractivity contribution in [2.45, 2.75) is 26.8 Å². The molecular weight excluding hydrogens is 262 g/mol. The van der Waals surface area contributed by atoms with Crippen LogP contribution in [-0.4, -0.2) is 20.3 Å². The highest BCUT2D eigenvalue weighted by atomic mass is 35.5. The van der Waals surface area contributed by atoms with E-state index in [2.05, 4.69) is 24.1 Å². The lowest BCUT2D eigenvalue weighted by Gasteiger charge is -2.15. The van der Waals surface area contributed by atoms with Crippen LogP contribution in [-0.2, 0) is 6.54 Å². The Morgan fingerprint density at radius 3 is 2.79 bits per heavy atom. The fourth-order valence-corrected chi connectivity index (χ4v) is 1.89. The van der Waals surface area contributed by atoms with E-state index in [0.717, 1.165) is 17.9 Å². The molecule has 0 aromatic heterocycles. The van der Waals surface area contributed by atoms with Crippen molar-refractivity contribution in [3.05, 3.63) is 22.7 Å². The number of methoxy groups -OCH3 is 1. The fourth-order valence-electron chi connectivity index (χ4n) is 1.66. The van der Waals surface area contributed by atoms with Crippen molar-refractivity contribution in [2.24, 2.45) is 0 Å². The maximum absolute atomic E-state index is 6.08. The minimum atomic E-state index is 0.540. The average Bonchev–Trinajstić information content (AvgIpc) is 2.42.